The highest BCUT2D eigenvalue weighted by Gasteiger charge is 2.21. The van der Waals surface area contributed by atoms with Gasteiger partial charge in [-0.25, -0.2) is 4.98 Å². The molecule has 0 unspecified atom stereocenters. The molecule has 0 saturated carbocycles. The van der Waals surface area contributed by atoms with Crippen molar-refractivity contribution < 1.29 is 0 Å². The van der Waals surface area contributed by atoms with Gasteiger partial charge in [0.2, 0.25) is 0 Å². The molecule has 1 N–H and O–H groups in total. The summed E-state index contributed by atoms with van der Waals surface area (Å²) < 4.78 is 2.07. The van der Waals surface area contributed by atoms with Crippen LogP contribution in [0.2, 0.25) is 0 Å². The van der Waals surface area contributed by atoms with Crippen LogP contribution in [0, 0.1) is 0 Å². The lowest BCUT2D eigenvalue weighted by atomic mass is 10.4. The number of hydrogen-bond acceptors (Lipinski definition) is 5. The van der Waals surface area contributed by atoms with E-state index in [2.05, 4.69) is 24.8 Å². The Morgan fingerprint density at radius 2 is 2.20 bits per heavy atom. The largest absolute Gasteiger partial charge is 0.352 e. The second kappa shape index (κ2) is 3.77. The molecule has 0 atom stereocenters. The summed E-state index contributed by atoms with van der Waals surface area (Å²) in [5.74, 6) is 1.09. The Kier molecular flexibility index (Phi) is 2.60. The van der Waals surface area contributed by atoms with Crippen LogP contribution in [0.1, 0.15) is 0 Å². The molecule has 0 saturated heterocycles. The van der Waals surface area contributed by atoms with E-state index in [-0.39, 0.29) is 0 Å². The number of nitrogens with one attached hydrogen (secondary N) is 1. The summed E-state index contributed by atoms with van der Waals surface area (Å²) in [7, 11) is 5.83. The van der Waals surface area contributed by atoms with Gasteiger partial charge in [0, 0.05) is 21.1 Å². The Bertz CT molecular complexity index is 451. The third-order valence-corrected chi connectivity index (χ3v) is 3.25. The maximum atomic E-state index is 4.51. The van der Waals surface area contributed by atoms with Gasteiger partial charge in [-0.15, -0.1) is 0 Å². The molecule has 1 aliphatic heterocycles. The number of aromatic nitrogens is 2. The highest BCUT2D eigenvalue weighted by atomic mass is 32.2. The number of thioether (sulfide) groups is 1. The average molecular weight is 225 g/mol. The Labute approximate surface area is 93.2 Å². The van der Waals surface area contributed by atoms with Crippen molar-refractivity contribution >= 4 is 23.3 Å². The first-order chi connectivity index (χ1) is 7.19. The fourth-order valence-corrected chi connectivity index (χ4v) is 2.29. The second-order valence-electron chi connectivity index (χ2n) is 3.43. The van der Waals surface area contributed by atoms with E-state index in [9.17, 15) is 0 Å². The van der Waals surface area contributed by atoms with Crippen molar-refractivity contribution in [1.82, 2.24) is 9.55 Å². The number of rotatable bonds is 1. The van der Waals surface area contributed by atoms with Crippen LogP contribution >= 0.6 is 11.8 Å². The minimum absolute atomic E-state index is 0.806. The second-order valence-corrected chi connectivity index (χ2v) is 4.21. The van der Waals surface area contributed by atoms with Crippen molar-refractivity contribution in [2.24, 2.45) is 12.0 Å². The zero-order valence-electron chi connectivity index (χ0n) is 9.40. The van der Waals surface area contributed by atoms with E-state index in [0.29, 0.717) is 0 Å². The summed E-state index contributed by atoms with van der Waals surface area (Å²) in [5, 5.41) is 4.31. The molecule has 15 heavy (non-hydrogen) atoms. The molecule has 1 aliphatic rings. The average Bonchev–Trinajstić information content (AvgIpc) is 2.63. The van der Waals surface area contributed by atoms with Crippen molar-refractivity contribution in [3.8, 4) is 0 Å². The summed E-state index contributed by atoms with van der Waals surface area (Å²) >= 11 is 1.63. The molecule has 1 aromatic rings. The van der Waals surface area contributed by atoms with Crippen molar-refractivity contribution in [2.75, 3.05) is 37.2 Å². The summed E-state index contributed by atoms with van der Waals surface area (Å²) in [4.78, 5) is 10.9. The molecule has 0 radical (unpaired) electrons. The van der Waals surface area contributed by atoms with Gasteiger partial charge in [0.25, 0.3) is 0 Å². The van der Waals surface area contributed by atoms with Gasteiger partial charge in [-0.1, -0.05) is 11.8 Å². The molecular weight excluding hydrogens is 210 g/mol. The fraction of sp³-hybridized carbons (Fsp3) is 0.556. The highest BCUT2D eigenvalue weighted by Crippen LogP contribution is 2.27. The molecule has 82 valence electrons. The molecule has 6 heteroatoms. The third-order valence-electron chi connectivity index (χ3n) is 2.52. The molecule has 0 aromatic carbocycles. The van der Waals surface area contributed by atoms with Gasteiger partial charge in [-0.2, -0.15) is 0 Å². The lowest BCUT2D eigenvalue weighted by Gasteiger charge is -2.13. The first-order valence-corrected chi connectivity index (χ1v) is 5.94. The van der Waals surface area contributed by atoms with Gasteiger partial charge in [-0.3, -0.25) is 4.99 Å². The van der Waals surface area contributed by atoms with E-state index in [0.717, 1.165) is 28.8 Å². The predicted molar refractivity (Wildman–Crippen MR) is 63.4 cm³/mol. The van der Waals surface area contributed by atoms with E-state index in [1.165, 1.54) is 0 Å². The fourth-order valence-electron chi connectivity index (χ4n) is 1.74. The lowest BCUT2D eigenvalue weighted by molar-refractivity contribution is 0.736. The van der Waals surface area contributed by atoms with Crippen molar-refractivity contribution in [3.63, 3.8) is 0 Å². The van der Waals surface area contributed by atoms with Gasteiger partial charge in [0.05, 0.1) is 6.67 Å². The van der Waals surface area contributed by atoms with E-state index in [4.69, 9.17) is 0 Å². The van der Waals surface area contributed by atoms with E-state index < -0.39 is 0 Å². The summed E-state index contributed by atoms with van der Waals surface area (Å²) in [6.45, 7) is 0.811. The predicted octanol–water partition coefficient (Wildman–Crippen LogP) is 0.492. The molecule has 0 aliphatic carbocycles. The molecule has 5 nitrogen and oxygen atoms in total. The van der Waals surface area contributed by atoms with Crippen LogP contribution in [-0.4, -0.2) is 36.6 Å². The first kappa shape index (κ1) is 10.4. The van der Waals surface area contributed by atoms with Gasteiger partial charge in [0.1, 0.15) is 11.5 Å². The molecule has 0 bridgehead atoms. The van der Waals surface area contributed by atoms with E-state index in [1.807, 2.05) is 20.4 Å². The SMILES string of the molecule is CN=c1nc(SC)n(C)c2c1N(C)CN2. The maximum absolute atomic E-state index is 4.51. The maximum Gasteiger partial charge on any atom is 0.177 e. The zero-order chi connectivity index (χ0) is 11.0. The van der Waals surface area contributed by atoms with Crippen LogP contribution in [0.3, 0.4) is 0 Å². The Morgan fingerprint density at radius 1 is 1.47 bits per heavy atom. The monoisotopic (exact) mass is 225 g/mol. The summed E-state index contributed by atoms with van der Waals surface area (Å²) in [5.41, 5.74) is 1.89. The summed E-state index contributed by atoms with van der Waals surface area (Å²) in [6, 6.07) is 0. The number of hydrogen-bond donors (Lipinski definition) is 1. The Balaban J connectivity index is 2.75. The highest BCUT2D eigenvalue weighted by molar-refractivity contribution is 7.98. The Morgan fingerprint density at radius 3 is 2.80 bits per heavy atom. The molecule has 0 amide bonds. The van der Waals surface area contributed by atoms with Crippen molar-refractivity contribution in [1.29, 1.82) is 0 Å². The first-order valence-electron chi connectivity index (χ1n) is 4.72. The molecule has 1 aromatic heterocycles. The van der Waals surface area contributed by atoms with Crippen LogP contribution in [0.5, 0.6) is 0 Å². The van der Waals surface area contributed by atoms with Crippen LogP contribution < -0.4 is 15.7 Å². The van der Waals surface area contributed by atoms with Crippen molar-refractivity contribution in [3.05, 3.63) is 5.49 Å². The van der Waals surface area contributed by atoms with Crippen LogP contribution in [0.4, 0.5) is 11.5 Å². The molecule has 0 fully saturated rings. The molecule has 2 rings (SSSR count). The third kappa shape index (κ3) is 1.49. The van der Waals surface area contributed by atoms with Crippen LogP contribution in [0.25, 0.3) is 0 Å². The van der Waals surface area contributed by atoms with Gasteiger partial charge < -0.3 is 14.8 Å². The zero-order valence-corrected chi connectivity index (χ0v) is 10.2. The minimum atomic E-state index is 0.806. The number of nitrogens with zero attached hydrogens (tertiary/aromatic N) is 4. The normalized spacial score (nSPS) is 15.5. The van der Waals surface area contributed by atoms with Gasteiger partial charge >= 0.3 is 0 Å². The number of fused-ring (bicyclic) bond motifs is 1. The molecule has 0 spiro atoms. The smallest absolute Gasteiger partial charge is 0.177 e. The van der Waals surface area contributed by atoms with E-state index >= 15 is 0 Å². The quantitative estimate of drug-likeness (QED) is 0.558. The van der Waals surface area contributed by atoms with Gasteiger partial charge in [0.15, 0.2) is 10.6 Å². The topological polar surface area (TPSA) is 45.5 Å². The lowest BCUT2D eigenvalue weighted by Crippen LogP contribution is -2.23. The van der Waals surface area contributed by atoms with Gasteiger partial charge in [-0.05, 0) is 6.26 Å². The summed E-state index contributed by atoms with van der Waals surface area (Å²) in [6.07, 6.45) is 2.02. The Hall–Kier alpha value is -1.17. The molecular formula is C9H15N5S. The van der Waals surface area contributed by atoms with Crippen molar-refractivity contribution in [2.45, 2.75) is 5.16 Å². The minimum Gasteiger partial charge on any atom is -0.352 e. The molecule has 2 heterocycles. The van der Waals surface area contributed by atoms with Crippen LogP contribution in [0.15, 0.2) is 10.1 Å². The number of anilines is 2. The van der Waals surface area contributed by atoms with Crippen LogP contribution in [-0.2, 0) is 7.05 Å². The van der Waals surface area contributed by atoms with E-state index in [1.54, 1.807) is 18.8 Å². The standard InChI is InChI=1S/C9H15N5S/c1-10-7-6-8(11-5-13(6)2)14(3)9(12-7)15-4/h11H,5H2,1-4H3.